The van der Waals surface area contributed by atoms with Crippen LogP contribution < -0.4 is 5.73 Å². The second-order valence-corrected chi connectivity index (χ2v) is 13.1. The number of benzene rings is 1. The summed E-state index contributed by atoms with van der Waals surface area (Å²) < 4.78 is 21.7. The lowest BCUT2D eigenvalue weighted by molar-refractivity contribution is 0.0902. The lowest BCUT2D eigenvalue weighted by Gasteiger charge is -2.15. The number of aromatic nitrogens is 1. The molecule has 0 saturated heterocycles. The van der Waals surface area contributed by atoms with E-state index in [0.29, 0.717) is 34.3 Å². The zero-order valence-electron chi connectivity index (χ0n) is 13.4. The Hall–Kier alpha value is -1.38. The summed E-state index contributed by atoms with van der Waals surface area (Å²) in [4.78, 5) is 0. The normalized spacial score (nSPS) is 13.0. The smallest absolute Gasteiger partial charge is 0.172 e. The number of amidine groups is 1. The quantitative estimate of drug-likeness (QED) is 0.192. The van der Waals surface area contributed by atoms with Crippen molar-refractivity contribution in [2.75, 3.05) is 6.61 Å². The van der Waals surface area contributed by atoms with E-state index in [1.807, 2.05) is 0 Å². The van der Waals surface area contributed by atoms with Crippen molar-refractivity contribution >= 4 is 40.7 Å². The van der Waals surface area contributed by atoms with Crippen LogP contribution >= 0.6 is 15.9 Å². The fourth-order valence-corrected chi connectivity index (χ4v) is 3.29. The lowest BCUT2D eigenvalue weighted by atomic mass is 10.1. The van der Waals surface area contributed by atoms with E-state index in [0.717, 1.165) is 6.04 Å². The third kappa shape index (κ3) is 4.33. The van der Waals surface area contributed by atoms with Crippen molar-refractivity contribution in [1.29, 1.82) is 0 Å². The molecular formula is C15H21BrFN3O2Si. The molecule has 1 heterocycles. The van der Waals surface area contributed by atoms with Crippen LogP contribution in [0, 0.1) is 5.82 Å². The number of oxime groups is 1. The first-order valence-corrected chi connectivity index (χ1v) is 11.8. The summed E-state index contributed by atoms with van der Waals surface area (Å²) in [6.07, 6.45) is 1.71. The molecule has 0 aliphatic rings. The molecule has 8 heteroatoms. The van der Waals surface area contributed by atoms with E-state index in [1.165, 1.54) is 6.07 Å². The summed E-state index contributed by atoms with van der Waals surface area (Å²) in [5.74, 6) is -0.389. The molecule has 1 aromatic heterocycles. The van der Waals surface area contributed by atoms with Crippen molar-refractivity contribution in [2.45, 2.75) is 32.4 Å². The van der Waals surface area contributed by atoms with E-state index in [4.69, 9.17) is 15.7 Å². The van der Waals surface area contributed by atoms with Crippen molar-refractivity contribution in [1.82, 2.24) is 4.57 Å². The summed E-state index contributed by atoms with van der Waals surface area (Å²) in [7, 11) is -1.16. The Kier molecular flexibility index (Phi) is 5.48. The topological polar surface area (TPSA) is 72.8 Å². The fraction of sp³-hybridized carbons (Fsp3) is 0.400. The molecule has 23 heavy (non-hydrogen) atoms. The van der Waals surface area contributed by atoms with Gasteiger partial charge in [0.25, 0.3) is 0 Å². The van der Waals surface area contributed by atoms with Crippen molar-refractivity contribution in [3.63, 3.8) is 0 Å². The maximum Gasteiger partial charge on any atom is 0.172 e. The first kappa shape index (κ1) is 18.0. The third-order valence-electron chi connectivity index (χ3n) is 3.53. The molecule has 0 aliphatic carbocycles. The first-order chi connectivity index (χ1) is 10.7. The van der Waals surface area contributed by atoms with E-state index in [9.17, 15) is 4.39 Å². The molecule has 0 unspecified atom stereocenters. The number of hydrogen-bond donors (Lipinski definition) is 2. The molecule has 0 fully saturated rings. The molecule has 1 aromatic carbocycles. The molecule has 126 valence electrons. The Morgan fingerprint density at radius 3 is 2.74 bits per heavy atom. The summed E-state index contributed by atoms with van der Waals surface area (Å²) in [5, 5.41) is 12.7. The van der Waals surface area contributed by atoms with Gasteiger partial charge in [-0.15, -0.1) is 0 Å². The standard InChI is InChI=1S/C15H21BrFN3O2Si/c1-23(2,3)5-4-22-9-20-8-11(15(18)19-21)10-6-12(16)13(17)7-14(10)20/h6-8,21H,4-5,9H2,1-3H3,(H2,18,19). The molecule has 0 bridgehead atoms. The number of rotatable bonds is 6. The lowest BCUT2D eigenvalue weighted by Crippen LogP contribution is -2.22. The van der Waals surface area contributed by atoms with Gasteiger partial charge in [0.15, 0.2) is 5.84 Å². The molecule has 3 N–H and O–H groups in total. The molecule has 0 saturated carbocycles. The number of halogens is 2. The molecule has 0 radical (unpaired) electrons. The summed E-state index contributed by atoms with van der Waals surface area (Å²) in [6.45, 7) is 7.80. The zero-order chi connectivity index (χ0) is 17.2. The fourth-order valence-electron chi connectivity index (χ4n) is 2.19. The van der Waals surface area contributed by atoms with Gasteiger partial charge >= 0.3 is 0 Å². The van der Waals surface area contributed by atoms with Crippen molar-refractivity contribution < 1.29 is 14.3 Å². The average Bonchev–Trinajstić information content (AvgIpc) is 2.80. The minimum Gasteiger partial charge on any atom is -0.409 e. The summed E-state index contributed by atoms with van der Waals surface area (Å²) in [5.41, 5.74) is 6.89. The van der Waals surface area contributed by atoms with Crippen LogP contribution in [0.1, 0.15) is 5.56 Å². The zero-order valence-corrected chi connectivity index (χ0v) is 16.0. The van der Waals surface area contributed by atoms with Gasteiger partial charge in [0, 0.05) is 31.8 Å². The summed E-state index contributed by atoms with van der Waals surface area (Å²) in [6, 6.07) is 4.09. The van der Waals surface area contributed by atoms with Gasteiger partial charge in [-0.3, -0.25) is 0 Å². The highest BCUT2D eigenvalue weighted by Crippen LogP contribution is 2.28. The highest BCUT2D eigenvalue weighted by Gasteiger charge is 2.16. The molecule has 2 rings (SSSR count). The van der Waals surface area contributed by atoms with Gasteiger partial charge in [-0.2, -0.15) is 0 Å². The molecule has 0 atom stereocenters. The number of nitrogens with two attached hydrogens (primary N) is 1. The Labute approximate surface area is 144 Å². The van der Waals surface area contributed by atoms with Gasteiger partial charge in [-0.25, -0.2) is 4.39 Å². The first-order valence-electron chi connectivity index (χ1n) is 7.26. The van der Waals surface area contributed by atoms with E-state index in [-0.39, 0.29) is 11.7 Å². The minimum absolute atomic E-state index is 0.0191. The second kappa shape index (κ2) is 7.02. The van der Waals surface area contributed by atoms with E-state index >= 15 is 0 Å². The predicted octanol–water partition coefficient (Wildman–Crippen LogP) is 3.95. The number of fused-ring (bicyclic) bond motifs is 1. The molecular weight excluding hydrogens is 381 g/mol. The van der Waals surface area contributed by atoms with Crippen LogP contribution in [0.2, 0.25) is 25.7 Å². The Bertz CT molecular complexity index is 740. The molecule has 2 aromatic rings. The number of ether oxygens (including phenoxy) is 1. The van der Waals surface area contributed by atoms with Gasteiger partial charge in [0.2, 0.25) is 0 Å². The number of hydrogen-bond acceptors (Lipinski definition) is 3. The van der Waals surface area contributed by atoms with E-state index in [2.05, 4.69) is 40.7 Å². The van der Waals surface area contributed by atoms with Crippen molar-refractivity contribution in [3.05, 3.63) is 34.2 Å². The van der Waals surface area contributed by atoms with Crippen LogP contribution in [-0.4, -0.2) is 30.3 Å². The van der Waals surface area contributed by atoms with E-state index < -0.39 is 8.07 Å². The van der Waals surface area contributed by atoms with Crippen molar-refractivity contribution in [2.24, 2.45) is 10.9 Å². The monoisotopic (exact) mass is 401 g/mol. The van der Waals surface area contributed by atoms with E-state index in [1.54, 1.807) is 16.8 Å². The van der Waals surface area contributed by atoms with Crippen LogP contribution in [0.15, 0.2) is 28.0 Å². The highest BCUT2D eigenvalue weighted by atomic mass is 79.9. The largest absolute Gasteiger partial charge is 0.409 e. The maximum atomic E-state index is 13.9. The van der Waals surface area contributed by atoms with Crippen LogP contribution in [0.3, 0.4) is 0 Å². The van der Waals surface area contributed by atoms with Crippen molar-refractivity contribution in [3.8, 4) is 0 Å². The maximum absolute atomic E-state index is 13.9. The average molecular weight is 402 g/mol. The Morgan fingerprint density at radius 2 is 2.13 bits per heavy atom. The minimum atomic E-state index is -1.16. The van der Waals surface area contributed by atoms with Gasteiger partial charge in [-0.1, -0.05) is 24.8 Å². The Morgan fingerprint density at radius 1 is 1.43 bits per heavy atom. The van der Waals surface area contributed by atoms with Crippen LogP contribution in [0.25, 0.3) is 10.9 Å². The SMILES string of the molecule is C[Si](C)(C)CCOCn1cc(/C(N)=N/O)c2cc(Br)c(F)cc21. The van der Waals surface area contributed by atoms with Gasteiger partial charge in [-0.05, 0) is 34.1 Å². The van der Waals surface area contributed by atoms with Crippen LogP contribution in [-0.2, 0) is 11.5 Å². The summed E-state index contributed by atoms with van der Waals surface area (Å²) >= 11 is 3.16. The molecule has 0 aliphatic heterocycles. The molecule has 0 spiro atoms. The van der Waals surface area contributed by atoms with Gasteiger partial charge in [0.05, 0.1) is 9.99 Å². The van der Waals surface area contributed by atoms with Gasteiger partial charge in [0.1, 0.15) is 12.5 Å². The molecule has 5 nitrogen and oxygen atoms in total. The third-order valence-corrected chi connectivity index (χ3v) is 5.85. The van der Waals surface area contributed by atoms with Crippen LogP contribution in [0.5, 0.6) is 0 Å². The van der Waals surface area contributed by atoms with Crippen LogP contribution in [0.4, 0.5) is 4.39 Å². The second-order valence-electron chi connectivity index (χ2n) is 6.63. The molecule has 0 amide bonds. The van der Waals surface area contributed by atoms with Gasteiger partial charge < -0.3 is 20.2 Å². The highest BCUT2D eigenvalue weighted by molar-refractivity contribution is 9.10. The predicted molar refractivity (Wildman–Crippen MR) is 96.2 cm³/mol. The Balaban J connectivity index is 2.30. The number of nitrogens with zero attached hydrogens (tertiary/aromatic N) is 2.